The first-order valence-electron chi connectivity index (χ1n) is 12.0. The van der Waals surface area contributed by atoms with Crippen LogP contribution in [-0.4, -0.2) is 52.2 Å². The van der Waals surface area contributed by atoms with Crippen molar-refractivity contribution in [1.29, 1.82) is 0 Å². The number of nitrogens with zero attached hydrogens (tertiary/aromatic N) is 4. The number of rotatable bonds is 6. The molecule has 7 heteroatoms. The molecule has 1 saturated carbocycles. The van der Waals surface area contributed by atoms with Crippen LogP contribution in [0.5, 0.6) is 0 Å². The third-order valence-corrected chi connectivity index (χ3v) is 6.53. The zero-order chi connectivity index (χ0) is 22.5. The van der Waals surface area contributed by atoms with E-state index in [2.05, 4.69) is 52.7 Å². The van der Waals surface area contributed by atoms with Gasteiger partial charge >= 0.3 is 0 Å². The van der Waals surface area contributed by atoms with Crippen LogP contribution in [0.3, 0.4) is 0 Å². The van der Waals surface area contributed by atoms with Crippen molar-refractivity contribution in [3.63, 3.8) is 0 Å². The van der Waals surface area contributed by atoms with Gasteiger partial charge in [0, 0.05) is 37.3 Å². The summed E-state index contributed by atoms with van der Waals surface area (Å²) in [7, 11) is 0. The van der Waals surface area contributed by atoms with Gasteiger partial charge in [0.15, 0.2) is 5.96 Å². The maximum absolute atomic E-state index is 12.8. The second kappa shape index (κ2) is 10.2. The van der Waals surface area contributed by atoms with Gasteiger partial charge in [-0.1, -0.05) is 31.0 Å². The summed E-state index contributed by atoms with van der Waals surface area (Å²) in [6.45, 7) is 9.12. The first-order valence-corrected chi connectivity index (χ1v) is 12.0. The Morgan fingerprint density at radius 2 is 1.97 bits per heavy atom. The van der Waals surface area contributed by atoms with Crippen LogP contribution >= 0.6 is 0 Å². The van der Waals surface area contributed by atoms with E-state index in [0.29, 0.717) is 12.5 Å². The molecule has 2 heterocycles. The highest BCUT2D eigenvalue weighted by atomic mass is 16.2. The zero-order valence-electron chi connectivity index (χ0n) is 19.6. The molecule has 1 aromatic heterocycles. The lowest BCUT2D eigenvalue weighted by molar-refractivity contribution is -0.134. The summed E-state index contributed by atoms with van der Waals surface area (Å²) < 4.78 is 1.99. The molecule has 32 heavy (non-hydrogen) atoms. The SMILES string of the molecule is CCNC(=NCc1ccccc1-n1nc(C)cc1C)NC1CCN(C(=O)C2CCCC2)C1. The first kappa shape index (κ1) is 22.4. The predicted octanol–water partition coefficient (Wildman–Crippen LogP) is 3.34. The minimum absolute atomic E-state index is 0.240. The second-order valence-electron chi connectivity index (χ2n) is 9.06. The summed E-state index contributed by atoms with van der Waals surface area (Å²) in [6, 6.07) is 10.6. The van der Waals surface area contributed by atoms with E-state index in [1.165, 1.54) is 12.8 Å². The van der Waals surface area contributed by atoms with E-state index in [9.17, 15) is 4.79 Å². The van der Waals surface area contributed by atoms with Crippen molar-refractivity contribution in [3.05, 3.63) is 47.3 Å². The molecule has 1 aliphatic carbocycles. The summed E-state index contributed by atoms with van der Waals surface area (Å²) in [4.78, 5) is 19.7. The van der Waals surface area contributed by atoms with Crippen LogP contribution in [0.1, 0.15) is 56.0 Å². The molecule has 172 valence electrons. The highest BCUT2D eigenvalue weighted by Crippen LogP contribution is 2.28. The molecule has 7 nitrogen and oxygen atoms in total. The Hall–Kier alpha value is -2.83. The number of carbonyl (C=O) groups excluding carboxylic acids is 1. The fraction of sp³-hybridized carbons (Fsp3) is 0.560. The Bertz CT molecular complexity index is 959. The Balaban J connectivity index is 1.42. The standard InChI is InChI=1S/C25H36N6O/c1-4-26-25(28-22-13-14-30(17-22)24(32)20-9-5-6-10-20)27-16-21-11-7-8-12-23(21)31-19(3)15-18(2)29-31/h7-8,11-12,15,20,22H,4-6,9-10,13-14,16-17H2,1-3H3,(H2,26,27,28). The number of likely N-dealkylation sites (tertiary alicyclic amines) is 1. The Morgan fingerprint density at radius 1 is 1.19 bits per heavy atom. The van der Waals surface area contributed by atoms with E-state index in [-0.39, 0.29) is 12.0 Å². The number of benzene rings is 1. The molecule has 0 radical (unpaired) electrons. The molecule has 2 aromatic rings. The number of aryl methyl sites for hydroxylation is 2. The smallest absolute Gasteiger partial charge is 0.225 e. The third kappa shape index (κ3) is 5.14. The number of aliphatic imine (C=N–C) groups is 1. The van der Waals surface area contributed by atoms with Crippen molar-refractivity contribution >= 4 is 11.9 Å². The van der Waals surface area contributed by atoms with Gasteiger partial charge in [-0.05, 0) is 57.7 Å². The van der Waals surface area contributed by atoms with Crippen LogP contribution in [0.2, 0.25) is 0 Å². The number of guanidine groups is 1. The summed E-state index contributed by atoms with van der Waals surface area (Å²) in [5.41, 5.74) is 4.31. The molecule has 1 atom stereocenters. The number of aromatic nitrogens is 2. The Kier molecular flexibility index (Phi) is 7.12. The third-order valence-electron chi connectivity index (χ3n) is 6.53. The molecule has 1 amide bonds. The van der Waals surface area contributed by atoms with Crippen molar-refractivity contribution in [3.8, 4) is 5.69 Å². The van der Waals surface area contributed by atoms with Gasteiger partial charge in [-0.3, -0.25) is 4.79 Å². The summed E-state index contributed by atoms with van der Waals surface area (Å²) >= 11 is 0. The van der Waals surface area contributed by atoms with Crippen molar-refractivity contribution < 1.29 is 4.79 Å². The first-order chi connectivity index (χ1) is 15.5. The number of carbonyl (C=O) groups is 1. The molecular weight excluding hydrogens is 400 g/mol. The van der Waals surface area contributed by atoms with Crippen molar-refractivity contribution in [1.82, 2.24) is 25.3 Å². The lowest BCUT2D eigenvalue weighted by Crippen LogP contribution is -2.45. The monoisotopic (exact) mass is 436 g/mol. The van der Waals surface area contributed by atoms with E-state index in [1.807, 2.05) is 23.7 Å². The molecule has 0 bridgehead atoms. The van der Waals surface area contributed by atoms with Crippen molar-refractivity contribution in [2.45, 2.75) is 65.5 Å². The van der Waals surface area contributed by atoms with Gasteiger partial charge in [-0.15, -0.1) is 0 Å². The molecule has 1 saturated heterocycles. The van der Waals surface area contributed by atoms with Gasteiger partial charge in [0.2, 0.25) is 5.91 Å². The lowest BCUT2D eigenvalue weighted by atomic mass is 10.1. The highest BCUT2D eigenvalue weighted by molar-refractivity contribution is 5.81. The Morgan fingerprint density at radius 3 is 2.69 bits per heavy atom. The van der Waals surface area contributed by atoms with Gasteiger partial charge in [0.05, 0.1) is 17.9 Å². The fourth-order valence-corrected chi connectivity index (χ4v) is 4.91. The number of nitrogens with one attached hydrogen (secondary N) is 2. The molecule has 1 unspecified atom stereocenters. The maximum Gasteiger partial charge on any atom is 0.225 e. The largest absolute Gasteiger partial charge is 0.357 e. The molecule has 1 aliphatic heterocycles. The van der Waals surface area contributed by atoms with E-state index >= 15 is 0 Å². The van der Waals surface area contributed by atoms with Crippen LogP contribution < -0.4 is 10.6 Å². The van der Waals surface area contributed by atoms with Crippen LogP contribution in [0.15, 0.2) is 35.3 Å². The van der Waals surface area contributed by atoms with Gasteiger partial charge in [-0.2, -0.15) is 5.10 Å². The molecule has 0 spiro atoms. The zero-order valence-corrected chi connectivity index (χ0v) is 19.6. The van der Waals surface area contributed by atoms with Gasteiger partial charge < -0.3 is 15.5 Å². The van der Waals surface area contributed by atoms with Crippen LogP contribution in [0.25, 0.3) is 5.69 Å². The van der Waals surface area contributed by atoms with Crippen LogP contribution in [0, 0.1) is 19.8 Å². The van der Waals surface area contributed by atoms with Gasteiger partial charge in [-0.25, -0.2) is 9.67 Å². The van der Waals surface area contributed by atoms with Crippen LogP contribution in [0.4, 0.5) is 0 Å². The number of para-hydroxylation sites is 1. The molecular formula is C25H36N6O. The van der Waals surface area contributed by atoms with E-state index < -0.39 is 0 Å². The summed E-state index contributed by atoms with van der Waals surface area (Å²) in [5, 5.41) is 11.6. The van der Waals surface area contributed by atoms with E-state index in [1.54, 1.807) is 0 Å². The highest BCUT2D eigenvalue weighted by Gasteiger charge is 2.32. The molecule has 2 aliphatic rings. The molecule has 2 N–H and O–H groups in total. The fourth-order valence-electron chi connectivity index (χ4n) is 4.91. The quantitative estimate of drug-likeness (QED) is 0.538. The lowest BCUT2D eigenvalue weighted by Gasteiger charge is -2.21. The van der Waals surface area contributed by atoms with Crippen LogP contribution in [-0.2, 0) is 11.3 Å². The van der Waals surface area contributed by atoms with E-state index in [0.717, 1.165) is 67.5 Å². The van der Waals surface area contributed by atoms with Gasteiger partial charge in [0.25, 0.3) is 0 Å². The minimum atomic E-state index is 0.240. The summed E-state index contributed by atoms with van der Waals surface area (Å²) in [5.74, 6) is 1.41. The molecule has 4 rings (SSSR count). The van der Waals surface area contributed by atoms with E-state index in [4.69, 9.17) is 4.99 Å². The number of amides is 1. The average Bonchev–Trinajstić information content (AvgIpc) is 3.54. The normalized spacial score (nSPS) is 19.5. The maximum atomic E-state index is 12.8. The average molecular weight is 437 g/mol. The Labute approximate surface area is 191 Å². The van der Waals surface area contributed by atoms with Crippen molar-refractivity contribution in [2.75, 3.05) is 19.6 Å². The second-order valence-corrected chi connectivity index (χ2v) is 9.06. The van der Waals surface area contributed by atoms with Gasteiger partial charge in [0.1, 0.15) is 0 Å². The molecule has 1 aromatic carbocycles. The number of hydrogen-bond acceptors (Lipinski definition) is 3. The minimum Gasteiger partial charge on any atom is -0.357 e. The predicted molar refractivity (Wildman–Crippen MR) is 128 cm³/mol. The molecule has 2 fully saturated rings. The summed E-state index contributed by atoms with van der Waals surface area (Å²) in [6.07, 6.45) is 5.48. The van der Waals surface area contributed by atoms with Crippen molar-refractivity contribution in [2.24, 2.45) is 10.9 Å². The topological polar surface area (TPSA) is 74.6 Å². The number of hydrogen-bond donors (Lipinski definition) is 2.